The van der Waals surface area contributed by atoms with Gasteiger partial charge in [-0.3, -0.25) is 0 Å². The van der Waals surface area contributed by atoms with Gasteiger partial charge in [-0.25, -0.2) is 0 Å². The van der Waals surface area contributed by atoms with Crippen LogP contribution in [0.1, 0.15) is 57.8 Å². The molecule has 1 heterocycles. The largest absolute Gasteiger partial charge is 0.394 e. The van der Waals surface area contributed by atoms with E-state index in [1.54, 1.807) is 0 Å². The fourth-order valence-corrected chi connectivity index (χ4v) is 5.01. The molecule has 21 heavy (non-hydrogen) atoms. The Bertz CT molecular complexity index is 366. The maximum Gasteiger partial charge on any atom is 0.0628 e. The van der Waals surface area contributed by atoms with E-state index in [4.69, 9.17) is 0 Å². The Morgan fingerprint density at radius 1 is 0.952 bits per heavy atom. The van der Waals surface area contributed by atoms with Gasteiger partial charge in [-0.1, -0.05) is 19.3 Å². The third-order valence-electron chi connectivity index (χ3n) is 6.59. The summed E-state index contributed by atoms with van der Waals surface area (Å²) in [5.41, 5.74) is 0.0165. The summed E-state index contributed by atoms with van der Waals surface area (Å²) in [5, 5.41) is 14.0. The Morgan fingerprint density at radius 2 is 1.71 bits per heavy atom. The van der Waals surface area contributed by atoms with E-state index >= 15 is 0 Å². The van der Waals surface area contributed by atoms with Crippen LogP contribution in [0.4, 0.5) is 0 Å². The average Bonchev–Trinajstić information content (AvgIpc) is 3.38. The second-order valence-electron chi connectivity index (χ2n) is 8.34. The molecule has 0 amide bonds. The number of aliphatic hydroxyl groups excluding tert-OH is 1. The van der Waals surface area contributed by atoms with E-state index < -0.39 is 0 Å². The zero-order valence-electron chi connectivity index (χ0n) is 13.4. The summed E-state index contributed by atoms with van der Waals surface area (Å²) in [7, 11) is 0. The standard InChI is InChI=1S/C18H32N2O/c21-13-18(16-5-6-16,19-17-7-8-17)12-20-10-9-14-3-1-2-4-15(14)11-20/h14-17,19,21H,1-13H2. The summed E-state index contributed by atoms with van der Waals surface area (Å²) >= 11 is 0. The Hall–Kier alpha value is -0.120. The Balaban J connectivity index is 1.40. The van der Waals surface area contributed by atoms with Crippen molar-refractivity contribution in [2.24, 2.45) is 17.8 Å². The molecule has 0 aromatic heterocycles. The quantitative estimate of drug-likeness (QED) is 0.789. The van der Waals surface area contributed by atoms with E-state index in [-0.39, 0.29) is 5.54 Å². The third kappa shape index (κ3) is 3.16. The average molecular weight is 292 g/mol. The SMILES string of the molecule is OCC(CN1CCC2CCCCC2C1)(NC1CC1)C1CC1. The lowest BCUT2D eigenvalue weighted by atomic mass is 9.75. The summed E-state index contributed by atoms with van der Waals surface area (Å²) in [6, 6.07) is 0.699. The van der Waals surface area contributed by atoms with Crippen LogP contribution in [-0.4, -0.2) is 47.8 Å². The first-order valence-electron chi connectivity index (χ1n) is 9.40. The molecule has 0 spiro atoms. The minimum atomic E-state index is 0.0165. The van der Waals surface area contributed by atoms with Gasteiger partial charge in [-0.05, 0) is 62.8 Å². The van der Waals surface area contributed by atoms with Crippen molar-refractivity contribution in [3.63, 3.8) is 0 Å². The van der Waals surface area contributed by atoms with Gasteiger partial charge in [-0.2, -0.15) is 0 Å². The molecule has 4 aliphatic rings. The van der Waals surface area contributed by atoms with Crippen molar-refractivity contribution in [3.05, 3.63) is 0 Å². The van der Waals surface area contributed by atoms with Gasteiger partial charge in [0, 0.05) is 19.1 Å². The van der Waals surface area contributed by atoms with Crippen molar-refractivity contribution >= 4 is 0 Å². The van der Waals surface area contributed by atoms with Crippen LogP contribution in [0.5, 0.6) is 0 Å². The van der Waals surface area contributed by atoms with Crippen LogP contribution in [0.25, 0.3) is 0 Å². The lowest BCUT2D eigenvalue weighted by Crippen LogP contribution is -2.60. The molecule has 0 aromatic rings. The van der Waals surface area contributed by atoms with Crippen molar-refractivity contribution in [1.29, 1.82) is 0 Å². The molecule has 0 radical (unpaired) electrons. The highest BCUT2D eigenvalue weighted by atomic mass is 16.3. The van der Waals surface area contributed by atoms with Crippen molar-refractivity contribution in [2.75, 3.05) is 26.2 Å². The summed E-state index contributed by atoms with van der Waals surface area (Å²) in [6.07, 6.45) is 12.5. The maximum atomic E-state index is 10.1. The van der Waals surface area contributed by atoms with E-state index in [2.05, 4.69) is 10.2 Å². The van der Waals surface area contributed by atoms with Crippen LogP contribution in [0, 0.1) is 17.8 Å². The number of hydrogen-bond donors (Lipinski definition) is 2. The van der Waals surface area contributed by atoms with Gasteiger partial charge in [0.05, 0.1) is 12.1 Å². The molecule has 4 fully saturated rings. The van der Waals surface area contributed by atoms with Gasteiger partial charge in [-0.15, -0.1) is 0 Å². The molecule has 0 aromatic carbocycles. The van der Waals surface area contributed by atoms with Crippen LogP contribution in [-0.2, 0) is 0 Å². The Morgan fingerprint density at radius 3 is 2.38 bits per heavy atom. The molecular weight excluding hydrogens is 260 g/mol. The van der Waals surface area contributed by atoms with Crippen molar-refractivity contribution in [1.82, 2.24) is 10.2 Å². The lowest BCUT2D eigenvalue weighted by Gasteiger charge is -2.45. The summed E-state index contributed by atoms with van der Waals surface area (Å²) in [6.45, 7) is 3.99. The number of likely N-dealkylation sites (tertiary alicyclic amines) is 1. The second-order valence-corrected chi connectivity index (χ2v) is 8.34. The summed E-state index contributed by atoms with van der Waals surface area (Å²) in [4.78, 5) is 2.69. The molecule has 4 rings (SSSR count). The van der Waals surface area contributed by atoms with Crippen LogP contribution < -0.4 is 5.32 Å². The molecule has 3 nitrogen and oxygen atoms in total. The smallest absolute Gasteiger partial charge is 0.0628 e. The third-order valence-corrected chi connectivity index (χ3v) is 6.59. The molecular formula is C18H32N2O. The number of aliphatic hydroxyl groups is 1. The number of fused-ring (bicyclic) bond motifs is 1. The highest BCUT2D eigenvalue weighted by Crippen LogP contribution is 2.43. The molecule has 3 unspecified atom stereocenters. The molecule has 3 aliphatic carbocycles. The normalized spacial score (nSPS) is 37.0. The first-order chi connectivity index (χ1) is 10.3. The number of hydrogen-bond acceptors (Lipinski definition) is 3. The molecule has 2 N–H and O–H groups in total. The fraction of sp³-hybridized carbons (Fsp3) is 1.00. The first-order valence-corrected chi connectivity index (χ1v) is 9.40. The molecule has 3 saturated carbocycles. The van der Waals surface area contributed by atoms with E-state index in [9.17, 15) is 5.11 Å². The fourth-order valence-electron chi connectivity index (χ4n) is 5.01. The Kier molecular flexibility index (Phi) is 4.01. The number of nitrogens with zero attached hydrogens (tertiary/aromatic N) is 1. The van der Waals surface area contributed by atoms with Gasteiger partial charge >= 0.3 is 0 Å². The van der Waals surface area contributed by atoms with E-state index in [1.807, 2.05) is 0 Å². The molecule has 3 atom stereocenters. The van der Waals surface area contributed by atoms with Crippen molar-refractivity contribution in [2.45, 2.75) is 69.4 Å². The monoisotopic (exact) mass is 292 g/mol. The zero-order chi connectivity index (χ0) is 14.3. The number of piperidine rings is 1. The second kappa shape index (κ2) is 5.82. The van der Waals surface area contributed by atoms with Gasteiger partial charge in [0.25, 0.3) is 0 Å². The minimum absolute atomic E-state index is 0.0165. The lowest BCUT2D eigenvalue weighted by molar-refractivity contribution is 0.0366. The molecule has 3 heteroatoms. The van der Waals surface area contributed by atoms with E-state index in [0.717, 1.165) is 24.3 Å². The van der Waals surface area contributed by atoms with Crippen LogP contribution in [0.2, 0.25) is 0 Å². The van der Waals surface area contributed by atoms with Crippen LogP contribution >= 0.6 is 0 Å². The summed E-state index contributed by atoms with van der Waals surface area (Å²) < 4.78 is 0. The maximum absolute atomic E-state index is 10.1. The van der Waals surface area contributed by atoms with Gasteiger partial charge in [0.1, 0.15) is 0 Å². The predicted molar refractivity (Wildman–Crippen MR) is 85.2 cm³/mol. The predicted octanol–water partition coefficient (Wildman–Crippen LogP) is 2.39. The number of nitrogens with one attached hydrogen (secondary N) is 1. The van der Waals surface area contributed by atoms with E-state index in [1.165, 1.54) is 70.9 Å². The van der Waals surface area contributed by atoms with Gasteiger partial charge in [0.2, 0.25) is 0 Å². The van der Waals surface area contributed by atoms with Crippen LogP contribution in [0.3, 0.4) is 0 Å². The van der Waals surface area contributed by atoms with Crippen molar-refractivity contribution < 1.29 is 5.11 Å². The number of rotatable bonds is 6. The van der Waals surface area contributed by atoms with E-state index in [0.29, 0.717) is 12.6 Å². The topological polar surface area (TPSA) is 35.5 Å². The molecule has 0 bridgehead atoms. The van der Waals surface area contributed by atoms with Crippen LogP contribution in [0.15, 0.2) is 0 Å². The first kappa shape index (κ1) is 14.5. The molecule has 120 valence electrons. The highest BCUT2D eigenvalue weighted by Gasteiger charge is 2.48. The summed E-state index contributed by atoms with van der Waals surface area (Å²) in [5.74, 6) is 2.69. The van der Waals surface area contributed by atoms with Crippen molar-refractivity contribution in [3.8, 4) is 0 Å². The Labute approximate surface area is 129 Å². The van der Waals surface area contributed by atoms with Gasteiger partial charge in [0.15, 0.2) is 0 Å². The molecule has 1 saturated heterocycles. The van der Waals surface area contributed by atoms with Gasteiger partial charge < -0.3 is 15.3 Å². The zero-order valence-corrected chi connectivity index (χ0v) is 13.4. The minimum Gasteiger partial charge on any atom is -0.394 e. The highest BCUT2D eigenvalue weighted by molar-refractivity contribution is 5.06. The molecule has 1 aliphatic heterocycles.